The highest BCUT2D eigenvalue weighted by atomic mass is 16.2. The first-order valence-corrected chi connectivity index (χ1v) is 10.3. The number of benzene rings is 1. The van der Waals surface area contributed by atoms with Crippen molar-refractivity contribution in [2.45, 2.75) is 38.4 Å². The molecule has 0 aromatic heterocycles. The van der Waals surface area contributed by atoms with Crippen molar-refractivity contribution in [1.29, 1.82) is 0 Å². The molecule has 5 rings (SSSR count). The zero-order chi connectivity index (χ0) is 19.3. The Morgan fingerprint density at radius 3 is 2.89 bits per heavy atom. The molecule has 1 aromatic rings. The van der Waals surface area contributed by atoms with Crippen molar-refractivity contribution in [3.8, 4) is 0 Å². The summed E-state index contributed by atoms with van der Waals surface area (Å²) in [4.78, 5) is 37.8. The van der Waals surface area contributed by atoms with E-state index in [1.807, 2.05) is 12.1 Å². The second kappa shape index (κ2) is 6.97. The topological polar surface area (TPSA) is 90.5 Å². The maximum absolute atomic E-state index is 12.7. The lowest BCUT2D eigenvalue weighted by Gasteiger charge is -2.39. The molecule has 3 N–H and O–H groups in total. The van der Waals surface area contributed by atoms with E-state index in [2.05, 4.69) is 22.0 Å². The minimum absolute atomic E-state index is 0.113. The Balaban J connectivity index is 1.19. The normalized spacial score (nSPS) is 31.4. The van der Waals surface area contributed by atoms with E-state index in [4.69, 9.17) is 0 Å². The van der Waals surface area contributed by atoms with Gasteiger partial charge in [-0.05, 0) is 67.4 Å². The van der Waals surface area contributed by atoms with Crippen LogP contribution in [0.15, 0.2) is 18.2 Å². The molecule has 3 heterocycles. The molecule has 1 aliphatic carbocycles. The molecule has 0 radical (unpaired) electrons. The van der Waals surface area contributed by atoms with E-state index < -0.39 is 6.04 Å². The van der Waals surface area contributed by atoms with Gasteiger partial charge in [-0.15, -0.1) is 0 Å². The Morgan fingerprint density at radius 2 is 2.07 bits per heavy atom. The number of hydrogen-bond donors (Lipinski definition) is 3. The summed E-state index contributed by atoms with van der Waals surface area (Å²) in [6.07, 6.45) is 2.01. The van der Waals surface area contributed by atoms with Crippen LogP contribution in [0.3, 0.4) is 0 Å². The first-order valence-electron chi connectivity index (χ1n) is 10.3. The lowest BCUT2D eigenvalue weighted by Crippen LogP contribution is -2.52. The molecule has 1 aromatic carbocycles. The first-order chi connectivity index (χ1) is 13.6. The fourth-order valence-corrected chi connectivity index (χ4v) is 5.31. The van der Waals surface area contributed by atoms with Crippen LogP contribution in [0, 0.1) is 17.8 Å². The van der Waals surface area contributed by atoms with E-state index in [9.17, 15) is 14.4 Å². The van der Waals surface area contributed by atoms with Crippen LogP contribution in [-0.2, 0) is 22.7 Å². The number of piperidine rings is 1. The number of carbonyl (C=O) groups is 3. The van der Waals surface area contributed by atoms with Gasteiger partial charge in [-0.1, -0.05) is 12.1 Å². The summed E-state index contributed by atoms with van der Waals surface area (Å²) < 4.78 is 0. The molecular formula is C21H26N4O3. The Hall–Kier alpha value is -2.25. The lowest BCUT2D eigenvalue weighted by molar-refractivity contribution is -0.136. The second-order valence-electron chi connectivity index (χ2n) is 8.60. The van der Waals surface area contributed by atoms with Crippen molar-refractivity contribution >= 4 is 17.7 Å². The molecule has 4 atom stereocenters. The van der Waals surface area contributed by atoms with Gasteiger partial charge in [0.25, 0.3) is 5.91 Å². The highest BCUT2D eigenvalue weighted by Crippen LogP contribution is 2.42. The predicted octanol–water partition coefficient (Wildman–Crippen LogP) is 0.393. The van der Waals surface area contributed by atoms with Gasteiger partial charge in [0.15, 0.2) is 0 Å². The van der Waals surface area contributed by atoms with Crippen molar-refractivity contribution in [3.05, 3.63) is 34.9 Å². The summed E-state index contributed by atoms with van der Waals surface area (Å²) in [5.74, 6) is 1.77. The molecule has 4 aliphatic rings. The maximum atomic E-state index is 12.7. The number of nitrogens with zero attached hydrogens (tertiary/aromatic N) is 1. The summed E-state index contributed by atoms with van der Waals surface area (Å²) in [6.45, 7) is 4.62. The molecule has 2 saturated heterocycles. The van der Waals surface area contributed by atoms with Gasteiger partial charge in [0, 0.05) is 25.1 Å². The van der Waals surface area contributed by atoms with Crippen molar-refractivity contribution < 1.29 is 14.4 Å². The Bertz CT molecular complexity index is 839. The third-order valence-electron chi connectivity index (χ3n) is 6.93. The maximum Gasteiger partial charge on any atom is 0.255 e. The van der Waals surface area contributed by atoms with Crippen molar-refractivity contribution in [3.63, 3.8) is 0 Å². The molecule has 3 aliphatic heterocycles. The molecule has 7 nitrogen and oxygen atoms in total. The first kappa shape index (κ1) is 17.8. The van der Waals surface area contributed by atoms with Gasteiger partial charge >= 0.3 is 0 Å². The van der Waals surface area contributed by atoms with Crippen LogP contribution >= 0.6 is 0 Å². The third kappa shape index (κ3) is 3.02. The molecule has 0 bridgehead atoms. The summed E-state index contributed by atoms with van der Waals surface area (Å²) in [5, 5.41) is 9.40. The van der Waals surface area contributed by atoms with Gasteiger partial charge in [-0.2, -0.15) is 0 Å². The lowest BCUT2D eigenvalue weighted by atomic mass is 9.67. The number of nitrogens with one attached hydrogen (secondary N) is 3. The minimum Gasteiger partial charge on any atom is -0.322 e. The van der Waals surface area contributed by atoms with E-state index in [1.54, 1.807) is 4.90 Å². The Morgan fingerprint density at radius 1 is 1.18 bits per heavy atom. The van der Waals surface area contributed by atoms with E-state index in [-0.39, 0.29) is 24.1 Å². The molecular weight excluding hydrogens is 356 g/mol. The van der Waals surface area contributed by atoms with Crippen LogP contribution in [-0.4, -0.2) is 48.3 Å². The average Bonchev–Trinajstić information content (AvgIpc) is 3.19. The van der Waals surface area contributed by atoms with Gasteiger partial charge in [-0.25, -0.2) is 0 Å². The molecule has 3 amide bonds. The molecule has 28 heavy (non-hydrogen) atoms. The van der Waals surface area contributed by atoms with E-state index in [0.717, 1.165) is 48.5 Å². The van der Waals surface area contributed by atoms with Crippen LogP contribution in [0.25, 0.3) is 0 Å². The number of carbonyl (C=O) groups excluding carboxylic acids is 3. The van der Waals surface area contributed by atoms with E-state index >= 15 is 0 Å². The van der Waals surface area contributed by atoms with Crippen LogP contribution in [0.2, 0.25) is 0 Å². The fraction of sp³-hybridized carbons (Fsp3) is 0.571. The van der Waals surface area contributed by atoms with E-state index in [1.165, 1.54) is 13.0 Å². The Labute approximate surface area is 164 Å². The number of fused-ring (bicyclic) bond motifs is 2. The monoisotopic (exact) mass is 382 g/mol. The standard InChI is InChI=1S/C21H26N4O3/c26-19-4-3-18(20(27)24-19)25-11-15-5-12(1-2-16(15)21(25)28)7-22-8-13-6-14-9-23-10-17(13)14/h1-2,5,13-14,17-18,22-23H,3-4,6-11H2,(H,24,26,27)/t13-,14-,17-,18?/m0/s1. The van der Waals surface area contributed by atoms with Crippen molar-refractivity contribution in [1.82, 2.24) is 20.9 Å². The molecule has 3 fully saturated rings. The zero-order valence-electron chi connectivity index (χ0n) is 15.9. The highest BCUT2D eigenvalue weighted by molar-refractivity contribution is 6.05. The number of hydrogen-bond acceptors (Lipinski definition) is 5. The summed E-state index contributed by atoms with van der Waals surface area (Å²) >= 11 is 0. The quantitative estimate of drug-likeness (QED) is 0.641. The van der Waals surface area contributed by atoms with Gasteiger partial charge in [0.1, 0.15) is 6.04 Å². The number of amides is 3. The van der Waals surface area contributed by atoms with Crippen molar-refractivity contribution in [2.75, 3.05) is 19.6 Å². The predicted molar refractivity (Wildman–Crippen MR) is 102 cm³/mol. The van der Waals surface area contributed by atoms with Crippen LogP contribution < -0.4 is 16.0 Å². The molecule has 148 valence electrons. The Kier molecular flexibility index (Phi) is 4.44. The van der Waals surface area contributed by atoms with Crippen molar-refractivity contribution in [2.24, 2.45) is 17.8 Å². The molecule has 1 unspecified atom stereocenters. The summed E-state index contributed by atoms with van der Waals surface area (Å²) in [6, 6.07) is 5.40. The van der Waals surface area contributed by atoms with Crippen LogP contribution in [0.1, 0.15) is 40.7 Å². The number of rotatable bonds is 5. The molecule has 0 spiro atoms. The largest absolute Gasteiger partial charge is 0.322 e. The number of imide groups is 1. The SMILES string of the molecule is O=C1CCC(N2Cc3cc(CNC[C@@H]4C[C@H]5CNC[C@@H]45)ccc3C2=O)C(=O)N1. The van der Waals surface area contributed by atoms with Gasteiger partial charge in [0.05, 0.1) is 0 Å². The third-order valence-corrected chi connectivity index (χ3v) is 6.93. The molecule has 7 heteroatoms. The molecule has 1 saturated carbocycles. The summed E-state index contributed by atoms with van der Waals surface area (Å²) in [7, 11) is 0. The second-order valence-corrected chi connectivity index (χ2v) is 8.60. The zero-order valence-corrected chi connectivity index (χ0v) is 15.9. The van der Waals surface area contributed by atoms with Gasteiger partial charge < -0.3 is 15.5 Å². The van der Waals surface area contributed by atoms with E-state index in [0.29, 0.717) is 18.5 Å². The average molecular weight is 382 g/mol. The van der Waals surface area contributed by atoms with Gasteiger partial charge in [-0.3, -0.25) is 19.7 Å². The fourth-order valence-electron chi connectivity index (χ4n) is 5.31. The smallest absolute Gasteiger partial charge is 0.255 e. The minimum atomic E-state index is -0.550. The van der Waals surface area contributed by atoms with Crippen LogP contribution in [0.5, 0.6) is 0 Å². The van der Waals surface area contributed by atoms with Crippen LogP contribution in [0.4, 0.5) is 0 Å². The highest BCUT2D eigenvalue weighted by Gasteiger charge is 2.43. The van der Waals surface area contributed by atoms with Gasteiger partial charge in [0.2, 0.25) is 11.8 Å². The summed E-state index contributed by atoms with van der Waals surface area (Å²) in [5.41, 5.74) is 2.81.